The van der Waals surface area contributed by atoms with Crippen molar-refractivity contribution in [1.29, 1.82) is 0 Å². The van der Waals surface area contributed by atoms with Crippen molar-refractivity contribution in [2.75, 3.05) is 13.2 Å². The van der Waals surface area contributed by atoms with Gasteiger partial charge in [0.05, 0.1) is 12.5 Å². The summed E-state index contributed by atoms with van der Waals surface area (Å²) in [6.07, 6.45) is 2.37. The van der Waals surface area contributed by atoms with Crippen molar-refractivity contribution in [1.82, 2.24) is 4.90 Å². The lowest BCUT2D eigenvalue weighted by molar-refractivity contribution is -0.185. The molecule has 2 aliphatic heterocycles. The van der Waals surface area contributed by atoms with E-state index in [1.807, 2.05) is 0 Å². The molecule has 0 aromatic rings. The molecule has 0 bridgehead atoms. The van der Waals surface area contributed by atoms with Crippen LogP contribution in [-0.4, -0.2) is 47.4 Å². The molecule has 1 aliphatic carbocycles. The van der Waals surface area contributed by atoms with Crippen LogP contribution in [0.4, 0.5) is 4.79 Å². The minimum absolute atomic E-state index is 0.213. The van der Waals surface area contributed by atoms with Gasteiger partial charge in [-0.1, -0.05) is 12.8 Å². The topological polar surface area (TPSA) is 82.1 Å². The Labute approximate surface area is 122 Å². The largest absolute Gasteiger partial charge is 0.465 e. The Kier molecular flexibility index (Phi) is 3.11. The molecule has 0 aromatic carbocycles. The Morgan fingerprint density at radius 1 is 1.38 bits per heavy atom. The summed E-state index contributed by atoms with van der Waals surface area (Å²) in [5, 5.41) is 0. The standard InChI is InChI=1S/C14H19NO6/c1-3-19-10(16)8-15-12(18)21-13(2)14(15)7-5-4-6-9(14)11(17)20-13/h9H,3-8H2,1-2H3/t9-,13+,14+/m1/s1. The number of hydrogen-bond donors (Lipinski definition) is 0. The molecule has 7 heteroatoms. The number of hydrogen-bond acceptors (Lipinski definition) is 6. The van der Waals surface area contributed by atoms with Gasteiger partial charge in [0.1, 0.15) is 12.1 Å². The molecule has 1 amide bonds. The number of amides is 1. The van der Waals surface area contributed by atoms with E-state index in [9.17, 15) is 14.4 Å². The molecule has 1 saturated carbocycles. The van der Waals surface area contributed by atoms with Gasteiger partial charge in [0.2, 0.25) is 0 Å². The van der Waals surface area contributed by atoms with Gasteiger partial charge in [0.25, 0.3) is 5.79 Å². The molecule has 2 heterocycles. The third-order valence-electron chi connectivity index (χ3n) is 4.82. The SMILES string of the molecule is CCOC(=O)CN1C(=O)O[C@]2(C)OC(=O)[C@H]3CCCC[C@@]312. The summed E-state index contributed by atoms with van der Waals surface area (Å²) in [5.41, 5.74) is -0.883. The third-order valence-corrected chi connectivity index (χ3v) is 4.82. The van der Waals surface area contributed by atoms with Gasteiger partial charge in [0.15, 0.2) is 0 Å². The predicted molar refractivity (Wildman–Crippen MR) is 69.0 cm³/mol. The zero-order chi connectivity index (χ0) is 15.3. The Balaban J connectivity index is 1.97. The molecule has 116 valence electrons. The summed E-state index contributed by atoms with van der Waals surface area (Å²) in [6.45, 7) is 3.34. The van der Waals surface area contributed by atoms with Crippen LogP contribution in [0.25, 0.3) is 0 Å². The van der Waals surface area contributed by atoms with E-state index in [0.717, 1.165) is 12.8 Å². The molecule has 3 rings (SSSR count). The number of rotatable bonds is 3. The lowest BCUT2D eigenvalue weighted by Gasteiger charge is -2.42. The summed E-state index contributed by atoms with van der Waals surface area (Å²) in [6, 6.07) is 0. The van der Waals surface area contributed by atoms with Crippen LogP contribution in [0.15, 0.2) is 0 Å². The minimum Gasteiger partial charge on any atom is -0.465 e. The molecule has 7 nitrogen and oxygen atoms in total. The highest BCUT2D eigenvalue weighted by atomic mass is 16.8. The monoisotopic (exact) mass is 297 g/mol. The van der Waals surface area contributed by atoms with E-state index >= 15 is 0 Å². The number of carbonyl (C=O) groups excluding carboxylic acids is 3. The van der Waals surface area contributed by atoms with Gasteiger partial charge < -0.3 is 14.2 Å². The summed E-state index contributed by atoms with van der Waals surface area (Å²) >= 11 is 0. The summed E-state index contributed by atoms with van der Waals surface area (Å²) in [4.78, 5) is 37.5. The number of nitrogens with zero attached hydrogens (tertiary/aromatic N) is 1. The van der Waals surface area contributed by atoms with E-state index in [4.69, 9.17) is 14.2 Å². The van der Waals surface area contributed by atoms with Gasteiger partial charge in [-0.2, -0.15) is 0 Å². The van der Waals surface area contributed by atoms with E-state index < -0.39 is 29.3 Å². The molecule has 0 N–H and O–H groups in total. The maximum absolute atomic E-state index is 12.2. The smallest absolute Gasteiger partial charge is 0.414 e. The average molecular weight is 297 g/mol. The molecular formula is C14H19NO6. The first-order valence-corrected chi connectivity index (χ1v) is 7.33. The predicted octanol–water partition coefficient (Wildman–Crippen LogP) is 1.20. The van der Waals surface area contributed by atoms with E-state index in [0.29, 0.717) is 12.8 Å². The number of esters is 2. The van der Waals surface area contributed by atoms with Crippen LogP contribution in [0, 0.1) is 5.92 Å². The first-order valence-electron chi connectivity index (χ1n) is 7.33. The average Bonchev–Trinajstić information content (AvgIpc) is 2.75. The Morgan fingerprint density at radius 2 is 2.14 bits per heavy atom. The fraction of sp³-hybridized carbons (Fsp3) is 0.786. The van der Waals surface area contributed by atoms with Gasteiger partial charge in [-0.25, -0.2) is 4.79 Å². The van der Waals surface area contributed by atoms with Crippen LogP contribution < -0.4 is 0 Å². The Bertz CT molecular complexity index is 506. The molecule has 3 aliphatic rings. The van der Waals surface area contributed by atoms with E-state index in [1.54, 1.807) is 13.8 Å². The fourth-order valence-electron chi connectivity index (χ4n) is 3.97. The quantitative estimate of drug-likeness (QED) is 0.728. The van der Waals surface area contributed by atoms with Crippen LogP contribution in [0.5, 0.6) is 0 Å². The second-order valence-corrected chi connectivity index (χ2v) is 5.85. The van der Waals surface area contributed by atoms with E-state index in [-0.39, 0.29) is 19.1 Å². The van der Waals surface area contributed by atoms with Crippen LogP contribution >= 0.6 is 0 Å². The summed E-state index contributed by atoms with van der Waals surface area (Å²) in [7, 11) is 0. The number of carbonyl (C=O) groups is 3. The summed E-state index contributed by atoms with van der Waals surface area (Å²) < 4.78 is 15.6. The molecular weight excluding hydrogens is 278 g/mol. The number of ether oxygens (including phenoxy) is 3. The highest BCUT2D eigenvalue weighted by Crippen LogP contribution is 2.56. The maximum Gasteiger partial charge on any atom is 0.414 e. The molecule has 1 spiro atoms. The first kappa shape index (κ1) is 14.2. The lowest BCUT2D eigenvalue weighted by Crippen LogP contribution is -2.60. The van der Waals surface area contributed by atoms with E-state index in [2.05, 4.69) is 0 Å². The summed E-state index contributed by atoms with van der Waals surface area (Å²) in [5.74, 6) is -2.59. The maximum atomic E-state index is 12.2. The highest BCUT2D eigenvalue weighted by Gasteiger charge is 2.75. The molecule has 3 fully saturated rings. The van der Waals surface area contributed by atoms with Gasteiger partial charge >= 0.3 is 18.0 Å². The zero-order valence-electron chi connectivity index (χ0n) is 12.2. The first-order chi connectivity index (χ1) is 9.94. The normalized spacial score (nSPS) is 37.6. The second-order valence-electron chi connectivity index (χ2n) is 5.85. The second kappa shape index (κ2) is 4.61. The lowest BCUT2D eigenvalue weighted by atomic mass is 9.69. The van der Waals surface area contributed by atoms with Gasteiger partial charge in [-0.05, 0) is 19.8 Å². The molecule has 0 radical (unpaired) electrons. The van der Waals surface area contributed by atoms with Crippen molar-refractivity contribution >= 4 is 18.0 Å². The molecule has 0 aromatic heterocycles. The zero-order valence-corrected chi connectivity index (χ0v) is 12.2. The van der Waals surface area contributed by atoms with Crippen LogP contribution in [0.1, 0.15) is 39.5 Å². The molecule has 2 saturated heterocycles. The van der Waals surface area contributed by atoms with Crippen molar-refractivity contribution in [2.45, 2.75) is 50.9 Å². The highest BCUT2D eigenvalue weighted by molar-refractivity contribution is 5.86. The molecule has 3 atom stereocenters. The fourth-order valence-corrected chi connectivity index (χ4v) is 3.97. The molecule has 21 heavy (non-hydrogen) atoms. The Morgan fingerprint density at radius 3 is 2.86 bits per heavy atom. The van der Waals surface area contributed by atoms with Gasteiger partial charge in [0, 0.05) is 6.92 Å². The van der Waals surface area contributed by atoms with Crippen molar-refractivity contribution in [3.05, 3.63) is 0 Å². The van der Waals surface area contributed by atoms with Gasteiger partial charge in [-0.15, -0.1) is 0 Å². The third kappa shape index (κ3) is 1.76. The van der Waals surface area contributed by atoms with Gasteiger partial charge in [-0.3, -0.25) is 14.5 Å². The van der Waals surface area contributed by atoms with Crippen molar-refractivity contribution in [3.8, 4) is 0 Å². The van der Waals surface area contributed by atoms with Crippen LogP contribution in [0.2, 0.25) is 0 Å². The van der Waals surface area contributed by atoms with Crippen LogP contribution in [0.3, 0.4) is 0 Å². The van der Waals surface area contributed by atoms with Crippen molar-refractivity contribution < 1.29 is 28.6 Å². The minimum atomic E-state index is -1.31. The van der Waals surface area contributed by atoms with Crippen molar-refractivity contribution in [2.24, 2.45) is 5.92 Å². The van der Waals surface area contributed by atoms with E-state index in [1.165, 1.54) is 4.90 Å². The molecule has 0 unspecified atom stereocenters. The van der Waals surface area contributed by atoms with Crippen molar-refractivity contribution in [3.63, 3.8) is 0 Å². The van der Waals surface area contributed by atoms with Crippen LogP contribution in [-0.2, 0) is 23.8 Å². The Hall–Kier alpha value is -1.79.